The normalized spacial score (nSPS) is 19.8. The Morgan fingerprint density at radius 1 is 1.62 bits per heavy atom. The highest BCUT2D eigenvalue weighted by molar-refractivity contribution is 5.84. The van der Waals surface area contributed by atoms with Crippen LogP contribution >= 0.6 is 0 Å². The second-order valence-corrected chi connectivity index (χ2v) is 3.77. The van der Waals surface area contributed by atoms with Crippen molar-refractivity contribution < 1.29 is 4.79 Å². The van der Waals surface area contributed by atoms with Crippen molar-refractivity contribution in [2.75, 3.05) is 23.8 Å². The lowest BCUT2D eigenvalue weighted by atomic mass is 10.2. The fourth-order valence-corrected chi connectivity index (χ4v) is 1.98. The van der Waals surface area contributed by atoms with Gasteiger partial charge in [-0.2, -0.15) is 0 Å². The molecule has 1 unspecified atom stereocenters. The molecule has 6 heteroatoms. The van der Waals surface area contributed by atoms with Crippen molar-refractivity contribution in [3.63, 3.8) is 0 Å². The molecule has 2 rings (SSSR count). The van der Waals surface area contributed by atoms with Gasteiger partial charge in [-0.15, -0.1) is 0 Å². The van der Waals surface area contributed by atoms with Gasteiger partial charge < -0.3 is 16.0 Å². The molecule has 0 spiro atoms. The van der Waals surface area contributed by atoms with Gasteiger partial charge in [0.1, 0.15) is 24.0 Å². The van der Waals surface area contributed by atoms with Crippen LogP contribution in [0.25, 0.3) is 0 Å². The predicted octanol–water partition coefficient (Wildman–Crippen LogP) is -0.0276. The van der Waals surface area contributed by atoms with Crippen LogP contribution in [0.1, 0.15) is 12.8 Å². The van der Waals surface area contributed by atoms with Crippen LogP contribution in [0.2, 0.25) is 0 Å². The van der Waals surface area contributed by atoms with Gasteiger partial charge in [0.2, 0.25) is 5.91 Å². The minimum absolute atomic E-state index is 0.236. The average molecular weight is 221 g/mol. The van der Waals surface area contributed by atoms with E-state index in [1.165, 1.54) is 6.33 Å². The molecule has 1 aliphatic heterocycles. The number of hydrogen-bond donors (Lipinski definition) is 2. The minimum Gasteiger partial charge on any atom is -0.373 e. The molecule has 0 saturated carbocycles. The van der Waals surface area contributed by atoms with Crippen LogP contribution in [0, 0.1) is 0 Å². The molecule has 0 radical (unpaired) electrons. The molecule has 6 nitrogen and oxygen atoms in total. The van der Waals surface area contributed by atoms with Crippen molar-refractivity contribution >= 4 is 17.5 Å². The highest BCUT2D eigenvalue weighted by Gasteiger charge is 2.29. The van der Waals surface area contributed by atoms with Gasteiger partial charge in [0.05, 0.1) is 0 Å². The van der Waals surface area contributed by atoms with Gasteiger partial charge >= 0.3 is 0 Å². The van der Waals surface area contributed by atoms with Gasteiger partial charge in [0.25, 0.3) is 0 Å². The van der Waals surface area contributed by atoms with Crippen molar-refractivity contribution in [3.05, 3.63) is 12.4 Å². The number of aromatic nitrogens is 2. The van der Waals surface area contributed by atoms with E-state index in [4.69, 9.17) is 5.73 Å². The number of amides is 1. The summed E-state index contributed by atoms with van der Waals surface area (Å²) in [6.45, 7) is 0.813. The van der Waals surface area contributed by atoms with Crippen LogP contribution in [0.15, 0.2) is 12.4 Å². The van der Waals surface area contributed by atoms with E-state index in [1.54, 1.807) is 7.05 Å². The zero-order valence-electron chi connectivity index (χ0n) is 9.18. The molecule has 1 aromatic heterocycles. The molecule has 86 valence electrons. The SMILES string of the molecule is CNc1cc(N2CCCC2C(N)=O)ncn1. The molecule has 1 aliphatic rings. The molecule has 1 amide bonds. The first-order valence-corrected chi connectivity index (χ1v) is 5.28. The maximum atomic E-state index is 11.3. The molecule has 16 heavy (non-hydrogen) atoms. The van der Waals surface area contributed by atoms with Gasteiger partial charge in [0.15, 0.2) is 0 Å². The molecule has 3 N–H and O–H groups in total. The van der Waals surface area contributed by atoms with Gasteiger partial charge in [-0.3, -0.25) is 4.79 Å². The Hall–Kier alpha value is -1.85. The van der Waals surface area contributed by atoms with Crippen LogP contribution in [-0.4, -0.2) is 35.5 Å². The van der Waals surface area contributed by atoms with Crippen molar-refractivity contribution in [1.29, 1.82) is 0 Å². The van der Waals surface area contributed by atoms with E-state index < -0.39 is 0 Å². The molecule has 0 aromatic carbocycles. The van der Waals surface area contributed by atoms with Crippen LogP contribution in [0.5, 0.6) is 0 Å². The van der Waals surface area contributed by atoms with Gasteiger partial charge in [-0.25, -0.2) is 9.97 Å². The fraction of sp³-hybridized carbons (Fsp3) is 0.500. The number of nitrogens with zero attached hydrogens (tertiary/aromatic N) is 3. The Kier molecular flexibility index (Phi) is 2.89. The number of nitrogens with one attached hydrogen (secondary N) is 1. The third kappa shape index (κ3) is 1.91. The maximum absolute atomic E-state index is 11.3. The fourth-order valence-electron chi connectivity index (χ4n) is 1.98. The first-order chi connectivity index (χ1) is 7.72. The quantitative estimate of drug-likeness (QED) is 0.749. The second-order valence-electron chi connectivity index (χ2n) is 3.77. The Morgan fingerprint density at radius 2 is 2.44 bits per heavy atom. The Bertz CT molecular complexity index is 395. The molecule has 1 atom stereocenters. The summed E-state index contributed by atoms with van der Waals surface area (Å²) >= 11 is 0. The van der Waals surface area contributed by atoms with Crippen LogP contribution < -0.4 is 16.0 Å². The summed E-state index contributed by atoms with van der Waals surface area (Å²) < 4.78 is 0. The van der Waals surface area contributed by atoms with E-state index >= 15 is 0 Å². The summed E-state index contributed by atoms with van der Waals surface area (Å²) in [5, 5.41) is 2.94. The predicted molar refractivity (Wildman–Crippen MR) is 61.1 cm³/mol. The first kappa shape index (κ1) is 10.7. The average Bonchev–Trinajstić information content (AvgIpc) is 2.78. The van der Waals surface area contributed by atoms with Crippen molar-refractivity contribution in [1.82, 2.24) is 9.97 Å². The Morgan fingerprint density at radius 3 is 3.12 bits per heavy atom. The monoisotopic (exact) mass is 221 g/mol. The van der Waals surface area contributed by atoms with Crippen molar-refractivity contribution in [3.8, 4) is 0 Å². The number of nitrogens with two attached hydrogens (primary N) is 1. The third-order valence-corrected chi connectivity index (χ3v) is 2.78. The topological polar surface area (TPSA) is 84.1 Å². The van der Waals surface area contributed by atoms with Gasteiger partial charge in [-0.05, 0) is 12.8 Å². The Labute approximate surface area is 93.9 Å². The van der Waals surface area contributed by atoms with Crippen LogP contribution in [0.3, 0.4) is 0 Å². The van der Waals surface area contributed by atoms with Crippen LogP contribution in [0.4, 0.5) is 11.6 Å². The summed E-state index contributed by atoms with van der Waals surface area (Å²) in [6.07, 6.45) is 3.25. The molecular formula is C10H15N5O. The maximum Gasteiger partial charge on any atom is 0.240 e. The van der Waals surface area contributed by atoms with Crippen LogP contribution in [-0.2, 0) is 4.79 Å². The smallest absolute Gasteiger partial charge is 0.240 e. The molecule has 2 heterocycles. The number of primary amides is 1. The second kappa shape index (κ2) is 4.34. The lowest BCUT2D eigenvalue weighted by Crippen LogP contribution is -2.40. The largest absolute Gasteiger partial charge is 0.373 e. The highest BCUT2D eigenvalue weighted by Crippen LogP contribution is 2.24. The number of carbonyl (C=O) groups is 1. The van der Waals surface area contributed by atoms with Crippen molar-refractivity contribution in [2.45, 2.75) is 18.9 Å². The molecule has 1 saturated heterocycles. The van der Waals surface area contributed by atoms with E-state index in [9.17, 15) is 4.79 Å². The molecule has 0 aliphatic carbocycles. The lowest BCUT2D eigenvalue weighted by Gasteiger charge is -2.23. The summed E-state index contributed by atoms with van der Waals surface area (Å²) in [5.41, 5.74) is 5.36. The Balaban J connectivity index is 2.25. The lowest BCUT2D eigenvalue weighted by molar-refractivity contribution is -0.119. The number of hydrogen-bond acceptors (Lipinski definition) is 5. The zero-order chi connectivity index (χ0) is 11.5. The molecular weight excluding hydrogens is 206 g/mol. The summed E-state index contributed by atoms with van der Waals surface area (Å²) in [7, 11) is 1.79. The summed E-state index contributed by atoms with van der Waals surface area (Å²) in [5.74, 6) is 1.20. The minimum atomic E-state index is -0.290. The van der Waals surface area contributed by atoms with E-state index in [1.807, 2.05) is 11.0 Å². The number of carbonyl (C=O) groups excluding carboxylic acids is 1. The third-order valence-electron chi connectivity index (χ3n) is 2.78. The number of anilines is 2. The van der Waals surface area contributed by atoms with Crippen molar-refractivity contribution in [2.24, 2.45) is 5.73 Å². The molecule has 1 fully saturated rings. The summed E-state index contributed by atoms with van der Waals surface area (Å²) in [4.78, 5) is 21.4. The van der Waals surface area contributed by atoms with E-state index in [-0.39, 0.29) is 11.9 Å². The van der Waals surface area contributed by atoms with Gasteiger partial charge in [0, 0.05) is 19.7 Å². The summed E-state index contributed by atoms with van der Waals surface area (Å²) in [6, 6.07) is 1.58. The van der Waals surface area contributed by atoms with Gasteiger partial charge in [-0.1, -0.05) is 0 Å². The van der Waals surface area contributed by atoms with E-state index in [2.05, 4.69) is 15.3 Å². The number of rotatable bonds is 3. The molecule has 1 aromatic rings. The first-order valence-electron chi connectivity index (χ1n) is 5.28. The standard InChI is InChI=1S/C10H15N5O/c1-12-8-5-9(14-6-13-8)15-4-2-3-7(15)10(11)16/h5-7H,2-4H2,1H3,(H2,11,16)(H,12,13,14). The molecule has 0 bridgehead atoms. The van der Waals surface area contributed by atoms with E-state index in [0.717, 1.165) is 31.0 Å². The van der Waals surface area contributed by atoms with E-state index in [0.29, 0.717) is 0 Å². The highest BCUT2D eigenvalue weighted by atomic mass is 16.1. The zero-order valence-corrected chi connectivity index (χ0v) is 9.18.